The van der Waals surface area contributed by atoms with Crippen molar-refractivity contribution in [1.82, 2.24) is 5.01 Å². The molecule has 0 amide bonds. The summed E-state index contributed by atoms with van der Waals surface area (Å²) in [5, 5.41) is 9.63. The van der Waals surface area contributed by atoms with Crippen LogP contribution in [-0.2, 0) is 4.79 Å². The number of nitrogens with zero attached hydrogens (tertiary/aromatic N) is 1. The molecule has 0 aromatic heterocycles. The van der Waals surface area contributed by atoms with E-state index >= 15 is 0 Å². The number of hydrazine groups is 1. The van der Waals surface area contributed by atoms with Crippen molar-refractivity contribution < 1.29 is 9.90 Å². The summed E-state index contributed by atoms with van der Waals surface area (Å²) in [6.07, 6.45) is 0. The zero-order chi connectivity index (χ0) is 7.44. The Balaban J connectivity index is 3.72. The van der Waals surface area contributed by atoms with Gasteiger partial charge in [-0.3, -0.25) is 10.6 Å². The lowest BCUT2D eigenvalue weighted by Gasteiger charge is -2.17. The molecule has 0 heterocycles. The van der Waals surface area contributed by atoms with Gasteiger partial charge in [-0.15, -0.1) is 0 Å². The third kappa shape index (κ3) is 2.43. The minimum absolute atomic E-state index is 0.549. The van der Waals surface area contributed by atoms with Crippen molar-refractivity contribution in [3.05, 3.63) is 0 Å². The molecule has 0 fully saturated rings. The van der Waals surface area contributed by atoms with Gasteiger partial charge in [0.1, 0.15) is 6.04 Å². The molecule has 0 unspecified atom stereocenters. The number of nitrogens with two attached hydrogens (primary N) is 1. The van der Waals surface area contributed by atoms with Crippen LogP contribution in [0, 0.1) is 0 Å². The van der Waals surface area contributed by atoms with Crippen LogP contribution in [0.15, 0.2) is 0 Å². The summed E-state index contributed by atoms with van der Waals surface area (Å²) in [6, 6.07) is -0.588. The van der Waals surface area contributed by atoms with Crippen LogP contribution in [0.25, 0.3) is 0 Å². The van der Waals surface area contributed by atoms with E-state index in [0.717, 1.165) is 0 Å². The largest absolute Gasteiger partial charge is 0.480 e. The zero-order valence-corrected chi connectivity index (χ0v) is 5.66. The van der Waals surface area contributed by atoms with Crippen molar-refractivity contribution in [3.63, 3.8) is 0 Å². The fraction of sp³-hybridized carbons (Fsp3) is 0.800. The van der Waals surface area contributed by atoms with Gasteiger partial charge in [0, 0.05) is 6.54 Å². The van der Waals surface area contributed by atoms with E-state index < -0.39 is 12.0 Å². The summed E-state index contributed by atoms with van der Waals surface area (Å²) in [5.41, 5.74) is 0. The molecule has 0 aromatic rings. The van der Waals surface area contributed by atoms with Gasteiger partial charge in [0.2, 0.25) is 0 Å². The molecule has 54 valence electrons. The van der Waals surface area contributed by atoms with Crippen LogP contribution in [0.1, 0.15) is 13.8 Å². The average molecular weight is 132 g/mol. The Labute approximate surface area is 54.2 Å². The van der Waals surface area contributed by atoms with Crippen LogP contribution >= 0.6 is 0 Å². The monoisotopic (exact) mass is 132 g/mol. The molecule has 0 saturated heterocycles. The lowest BCUT2D eigenvalue weighted by Crippen LogP contribution is -2.43. The quantitative estimate of drug-likeness (QED) is 0.407. The standard InChI is InChI=1S/C5H12N2O2/c1-3-7(6)4(2)5(8)9/h4H,3,6H2,1-2H3,(H,8,9)/t4-/m0/s1. The van der Waals surface area contributed by atoms with E-state index in [4.69, 9.17) is 10.9 Å². The normalized spacial score (nSPS) is 13.8. The first kappa shape index (κ1) is 8.39. The molecule has 0 radical (unpaired) electrons. The molecule has 3 N–H and O–H groups in total. The molecule has 0 spiro atoms. The highest BCUT2D eigenvalue weighted by atomic mass is 16.4. The highest BCUT2D eigenvalue weighted by Crippen LogP contribution is 1.89. The second-order valence-corrected chi connectivity index (χ2v) is 1.84. The Kier molecular flexibility index (Phi) is 3.19. The molecular weight excluding hydrogens is 120 g/mol. The Bertz CT molecular complexity index is 105. The average Bonchev–Trinajstić information content (AvgIpc) is 1.84. The fourth-order valence-electron chi connectivity index (χ4n) is 0.416. The maximum Gasteiger partial charge on any atom is 0.322 e. The van der Waals surface area contributed by atoms with Gasteiger partial charge < -0.3 is 5.11 Å². The first-order valence-electron chi connectivity index (χ1n) is 2.83. The van der Waals surface area contributed by atoms with E-state index in [0.29, 0.717) is 6.54 Å². The molecule has 0 aliphatic rings. The van der Waals surface area contributed by atoms with E-state index in [-0.39, 0.29) is 0 Å². The van der Waals surface area contributed by atoms with Gasteiger partial charge in [0.05, 0.1) is 0 Å². The zero-order valence-electron chi connectivity index (χ0n) is 5.66. The first-order chi connectivity index (χ1) is 4.09. The third-order valence-electron chi connectivity index (χ3n) is 1.22. The molecule has 0 aromatic carbocycles. The molecule has 4 nitrogen and oxygen atoms in total. The maximum absolute atomic E-state index is 10.2. The minimum Gasteiger partial charge on any atom is -0.480 e. The van der Waals surface area contributed by atoms with Gasteiger partial charge in [-0.05, 0) is 6.92 Å². The molecule has 0 rings (SSSR count). The lowest BCUT2D eigenvalue weighted by atomic mass is 10.3. The second kappa shape index (κ2) is 3.42. The van der Waals surface area contributed by atoms with E-state index in [2.05, 4.69) is 0 Å². The Morgan fingerprint density at radius 1 is 1.89 bits per heavy atom. The molecule has 0 aliphatic carbocycles. The second-order valence-electron chi connectivity index (χ2n) is 1.84. The van der Waals surface area contributed by atoms with Crippen LogP contribution in [0.2, 0.25) is 0 Å². The van der Waals surface area contributed by atoms with Crippen LogP contribution < -0.4 is 5.84 Å². The molecule has 1 atom stereocenters. The van der Waals surface area contributed by atoms with Crippen molar-refractivity contribution >= 4 is 5.97 Å². The Morgan fingerprint density at radius 3 is 2.44 bits per heavy atom. The SMILES string of the molecule is CCN(N)[C@@H](C)C(=O)O. The van der Waals surface area contributed by atoms with Gasteiger partial charge in [-0.25, -0.2) is 5.01 Å². The van der Waals surface area contributed by atoms with Gasteiger partial charge in [-0.1, -0.05) is 6.92 Å². The number of likely N-dealkylation sites (N-methyl/N-ethyl adjacent to an activating group) is 1. The van der Waals surface area contributed by atoms with Gasteiger partial charge in [0.15, 0.2) is 0 Å². The maximum atomic E-state index is 10.2. The molecule has 0 bridgehead atoms. The number of aliphatic carboxylic acids is 1. The van der Waals surface area contributed by atoms with Crippen LogP contribution in [-0.4, -0.2) is 28.7 Å². The number of hydrogen-bond acceptors (Lipinski definition) is 3. The van der Waals surface area contributed by atoms with Crippen LogP contribution in [0.4, 0.5) is 0 Å². The van der Waals surface area contributed by atoms with Crippen molar-refractivity contribution in [2.24, 2.45) is 5.84 Å². The van der Waals surface area contributed by atoms with E-state index in [1.165, 1.54) is 5.01 Å². The number of hydrogen-bond donors (Lipinski definition) is 2. The van der Waals surface area contributed by atoms with Gasteiger partial charge in [0.25, 0.3) is 0 Å². The summed E-state index contributed by atoms with van der Waals surface area (Å²) in [4.78, 5) is 10.2. The van der Waals surface area contributed by atoms with E-state index in [1.807, 2.05) is 0 Å². The van der Waals surface area contributed by atoms with E-state index in [1.54, 1.807) is 13.8 Å². The highest BCUT2D eigenvalue weighted by molar-refractivity contribution is 5.72. The predicted molar refractivity (Wildman–Crippen MR) is 33.7 cm³/mol. The molecule has 0 saturated carbocycles. The number of carbonyl (C=O) groups is 1. The van der Waals surface area contributed by atoms with Gasteiger partial charge >= 0.3 is 5.97 Å². The summed E-state index contributed by atoms with van der Waals surface area (Å²) in [5.74, 6) is 4.38. The third-order valence-corrected chi connectivity index (χ3v) is 1.22. The summed E-state index contributed by atoms with van der Waals surface area (Å²) in [6.45, 7) is 3.90. The Hall–Kier alpha value is -0.610. The van der Waals surface area contributed by atoms with Crippen LogP contribution in [0.3, 0.4) is 0 Å². The minimum atomic E-state index is -0.889. The van der Waals surface area contributed by atoms with Crippen molar-refractivity contribution in [2.45, 2.75) is 19.9 Å². The van der Waals surface area contributed by atoms with Gasteiger partial charge in [-0.2, -0.15) is 0 Å². The summed E-state index contributed by atoms with van der Waals surface area (Å²) >= 11 is 0. The number of rotatable bonds is 3. The summed E-state index contributed by atoms with van der Waals surface area (Å²) < 4.78 is 0. The summed E-state index contributed by atoms with van der Waals surface area (Å²) in [7, 11) is 0. The molecule has 0 aliphatic heterocycles. The fourth-order valence-corrected chi connectivity index (χ4v) is 0.416. The lowest BCUT2D eigenvalue weighted by molar-refractivity contribution is -0.142. The number of carboxylic acid groups (broad SMARTS) is 1. The van der Waals surface area contributed by atoms with Crippen LogP contribution in [0.5, 0.6) is 0 Å². The van der Waals surface area contributed by atoms with Crippen molar-refractivity contribution in [3.8, 4) is 0 Å². The predicted octanol–water partition coefficient (Wildman–Crippen LogP) is -0.345. The van der Waals surface area contributed by atoms with Crippen molar-refractivity contribution in [2.75, 3.05) is 6.54 Å². The number of carboxylic acids is 1. The van der Waals surface area contributed by atoms with E-state index in [9.17, 15) is 4.79 Å². The molecule has 9 heavy (non-hydrogen) atoms. The smallest absolute Gasteiger partial charge is 0.322 e. The first-order valence-corrected chi connectivity index (χ1v) is 2.83. The molecular formula is C5H12N2O2. The molecule has 4 heteroatoms. The van der Waals surface area contributed by atoms with Crippen molar-refractivity contribution in [1.29, 1.82) is 0 Å². The topological polar surface area (TPSA) is 66.6 Å². The Morgan fingerprint density at radius 2 is 2.33 bits per heavy atom. The highest BCUT2D eigenvalue weighted by Gasteiger charge is 2.14.